The van der Waals surface area contributed by atoms with Gasteiger partial charge in [-0.3, -0.25) is 29.3 Å². The van der Waals surface area contributed by atoms with E-state index < -0.39 is 22.7 Å². The topological polar surface area (TPSA) is 242 Å². The van der Waals surface area contributed by atoms with Crippen molar-refractivity contribution >= 4 is 58.4 Å². The van der Waals surface area contributed by atoms with Gasteiger partial charge in [0.2, 0.25) is 17.7 Å². The molecule has 0 unspecified atom stereocenters. The average Bonchev–Trinajstić information content (AvgIpc) is 3.21. The minimum atomic E-state index is -0.794. The van der Waals surface area contributed by atoms with Crippen LogP contribution in [-0.2, 0) is 36.8 Å². The Hall–Kier alpha value is -6.63. The number of esters is 1. The second kappa shape index (κ2) is 22.9. The molecule has 0 aliphatic carbocycles. The van der Waals surface area contributed by atoms with Crippen LogP contribution in [0.1, 0.15) is 61.6 Å². The highest BCUT2D eigenvalue weighted by molar-refractivity contribution is 5.99. The van der Waals surface area contributed by atoms with E-state index in [0.29, 0.717) is 42.0 Å². The molecule has 2 aromatic heterocycles. The lowest BCUT2D eigenvalue weighted by molar-refractivity contribution is -0.384. The number of carbonyl (C=O) groups is 4. The number of aromatic nitrogens is 4. The smallest absolute Gasteiger partial charge is 0.302 e. The van der Waals surface area contributed by atoms with E-state index in [2.05, 4.69) is 35.9 Å². The number of Topliss-reactive ketones (excluding diaryl/α,β-unsaturated/α-hetero) is 1. The molecular formula is C40H50N10O9. The fourth-order valence-electron chi connectivity index (χ4n) is 5.39. The van der Waals surface area contributed by atoms with E-state index in [0.717, 1.165) is 5.56 Å². The summed E-state index contributed by atoms with van der Waals surface area (Å²) in [5.74, 6) is -1.92. The van der Waals surface area contributed by atoms with E-state index in [-0.39, 0.29) is 86.5 Å². The van der Waals surface area contributed by atoms with Gasteiger partial charge in [-0.1, -0.05) is 12.1 Å². The maximum Gasteiger partial charge on any atom is 0.302 e. The van der Waals surface area contributed by atoms with Crippen LogP contribution in [0.3, 0.4) is 0 Å². The van der Waals surface area contributed by atoms with Crippen LogP contribution in [0.5, 0.6) is 5.88 Å². The van der Waals surface area contributed by atoms with Crippen LogP contribution >= 0.6 is 0 Å². The third-order valence-corrected chi connectivity index (χ3v) is 8.38. The number of nitrogens with one attached hydrogen (secondary N) is 3. The molecule has 0 spiro atoms. The molecule has 0 bridgehead atoms. The van der Waals surface area contributed by atoms with Crippen LogP contribution in [0.2, 0.25) is 0 Å². The first-order valence-electron chi connectivity index (χ1n) is 19.0. The van der Waals surface area contributed by atoms with Gasteiger partial charge in [-0.25, -0.2) is 15.0 Å². The van der Waals surface area contributed by atoms with Crippen molar-refractivity contribution in [2.24, 2.45) is 10.9 Å². The van der Waals surface area contributed by atoms with Crippen molar-refractivity contribution in [2.75, 3.05) is 52.3 Å². The molecule has 1 atom stereocenters. The number of aliphatic imine (C=N–C) groups is 1. The van der Waals surface area contributed by atoms with E-state index in [9.17, 15) is 29.3 Å². The molecule has 4 rings (SSSR count). The van der Waals surface area contributed by atoms with E-state index in [1.165, 1.54) is 19.1 Å². The Kier molecular flexibility index (Phi) is 17.5. The average molecular weight is 815 g/mol. The van der Waals surface area contributed by atoms with Gasteiger partial charge in [-0.15, -0.1) is 0 Å². The quantitative estimate of drug-likeness (QED) is 0.0172. The van der Waals surface area contributed by atoms with Gasteiger partial charge in [0, 0.05) is 76.1 Å². The number of benzene rings is 2. The van der Waals surface area contributed by atoms with Gasteiger partial charge < -0.3 is 35.1 Å². The van der Waals surface area contributed by atoms with E-state index in [1.54, 1.807) is 53.8 Å². The fourth-order valence-corrected chi connectivity index (χ4v) is 5.39. The number of ketones is 1. The lowest BCUT2D eigenvalue weighted by Crippen LogP contribution is -2.35. The second-order valence-electron chi connectivity index (χ2n) is 13.8. The van der Waals surface area contributed by atoms with Crippen LogP contribution in [-0.4, -0.2) is 113 Å². The molecule has 314 valence electrons. The molecule has 3 N–H and O–H groups in total. The lowest BCUT2D eigenvalue weighted by Gasteiger charge is -2.17. The number of nitrogens with zero attached hydrogens (tertiary/aromatic N) is 7. The van der Waals surface area contributed by atoms with Gasteiger partial charge in [-0.2, -0.15) is 9.97 Å². The summed E-state index contributed by atoms with van der Waals surface area (Å²) in [4.78, 5) is 84.6. The van der Waals surface area contributed by atoms with Crippen LogP contribution in [0.4, 0.5) is 17.3 Å². The van der Waals surface area contributed by atoms with Gasteiger partial charge in [0.15, 0.2) is 16.9 Å². The van der Waals surface area contributed by atoms with Crippen LogP contribution in [0, 0.1) is 16.0 Å². The predicted octanol–water partition coefficient (Wildman–Crippen LogP) is 3.97. The minimum absolute atomic E-state index is 0.000418. The number of anilines is 1. The zero-order valence-electron chi connectivity index (χ0n) is 33.8. The summed E-state index contributed by atoms with van der Waals surface area (Å²) in [6, 6.07) is 13.0. The molecule has 0 aliphatic heterocycles. The van der Waals surface area contributed by atoms with Crippen molar-refractivity contribution < 1.29 is 38.3 Å². The Bertz CT molecular complexity index is 2080. The Labute approximate surface area is 341 Å². The number of ether oxygens (including phenoxy) is 3. The molecule has 19 nitrogen and oxygen atoms in total. The van der Waals surface area contributed by atoms with E-state index in [4.69, 9.17) is 19.2 Å². The largest absolute Gasteiger partial charge is 0.476 e. The Balaban J connectivity index is 1.40. The maximum absolute atomic E-state index is 13.4. The highest BCUT2D eigenvalue weighted by Gasteiger charge is 2.24. The molecule has 19 heteroatoms. The lowest BCUT2D eigenvalue weighted by atomic mass is 9.93. The zero-order chi connectivity index (χ0) is 42.7. The number of hydrogen-bond donors (Lipinski definition) is 3. The summed E-state index contributed by atoms with van der Waals surface area (Å²) in [7, 11) is 3.62. The molecule has 0 aliphatic rings. The Morgan fingerprint density at radius 1 is 0.949 bits per heavy atom. The number of rotatable bonds is 24. The fraction of sp³-hybridized carbons (Fsp3) is 0.425. The summed E-state index contributed by atoms with van der Waals surface area (Å²) in [5, 5.41) is 19.7. The van der Waals surface area contributed by atoms with Crippen LogP contribution in [0.25, 0.3) is 11.2 Å². The van der Waals surface area contributed by atoms with E-state index in [1.807, 2.05) is 27.9 Å². The number of non-ortho nitro benzene ring substituents is 1. The molecule has 2 amide bonds. The molecule has 2 aromatic carbocycles. The summed E-state index contributed by atoms with van der Waals surface area (Å²) >= 11 is 0. The number of nitro groups is 1. The van der Waals surface area contributed by atoms with Crippen molar-refractivity contribution in [1.29, 1.82) is 0 Å². The molecule has 2 heterocycles. The maximum atomic E-state index is 13.4. The highest BCUT2D eigenvalue weighted by Crippen LogP contribution is 2.24. The minimum Gasteiger partial charge on any atom is -0.476 e. The summed E-state index contributed by atoms with van der Waals surface area (Å²) in [6.45, 7) is 6.25. The first-order chi connectivity index (χ1) is 28.3. The van der Waals surface area contributed by atoms with Crippen molar-refractivity contribution in [2.45, 2.75) is 59.1 Å². The number of fused-ring (bicyclic) bond motifs is 1. The first-order valence-corrected chi connectivity index (χ1v) is 19.0. The van der Waals surface area contributed by atoms with Crippen molar-refractivity contribution in [1.82, 2.24) is 35.5 Å². The third-order valence-electron chi connectivity index (χ3n) is 8.38. The van der Waals surface area contributed by atoms with Gasteiger partial charge in [0.05, 0.1) is 55.6 Å². The monoisotopic (exact) mass is 814 g/mol. The number of hydrogen-bond acceptors (Lipinski definition) is 15. The van der Waals surface area contributed by atoms with Gasteiger partial charge in [0.1, 0.15) is 6.61 Å². The number of amides is 2. The number of carbonyl (C=O) groups excluding carboxylic acids is 4. The molecular weight excluding hydrogens is 765 g/mol. The second-order valence-corrected chi connectivity index (χ2v) is 13.8. The zero-order valence-corrected chi connectivity index (χ0v) is 33.8. The van der Waals surface area contributed by atoms with E-state index >= 15 is 0 Å². The van der Waals surface area contributed by atoms with Crippen LogP contribution in [0.15, 0.2) is 59.7 Å². The van der Waals surface area contributed by atoms with Gasteiger partial charge in [0.25, 0.3) is 11.6 Å². The summed E-state index contributed by atoms with van der Waals surface area (Å²) < 4.78 is 16.4. The highest BCUT2D eigenvalue weighted by atomic mass is 16.6. The van der Waals surface area contributed by atoms with Gasteiger partial charge >= 0.3 is 5.97 Å². The summed E-state index contributed by atoms with van der Waals surface area (Å²) in [5.41, 5.74) is 3.05. The molecule has 0 saturated carbocycles. The third kappa shape index (κ3) is 15.7. The Morgan fingerprint density at radius 3 is 2.36 bits per heavy atom. The van der Waals surface area contributed by atoms with Gasteiger partial charge in [-0.05, 0) is 50.1 Å². The standard InChI is InChI=1S/C40H50N10O9/c1-26(2)57-20-17-41-35(53)15-10-30(38(54)42-18-21-58-27(3)51)22-34(52)29-8-11-31(12-9-29)43-23-32-24-44-37-36(46-32)39(48-40(47-37)45-25-49(4)5)59-19-16-28-6-13-33(14-7-28)50(55)56/h6-9,11-14,24-26,30,43H,10,15-23H2,1-5H3,(H,41,53)(H,42,54)/b45-25+/t30-/m1/s1. The first kappa shape index (κ1) is 45.1. The molecule has 0 fully saturated rings. The molecule has 0 radical (unpaired) electrons. The molecule has 0 saturated heterocycles. The Morgan fingerprint density at radius 2 is 1.68 bits per heavy atom. The predicted molar refractivity (Wildman–Crippen MR) is 218 cm³/mol. The van der Waals surface area contributed by atoms with Crippen molar-refractivity contribution in [3.8, 4) is 5.88 Å². The summed E-state index contributed by atoms with van der Waals surface area (Å²) in [6.07, 6.45) is 3.63. The van der Waals surface area contributed by atoms with Crippen molar-refractivity contribution in [3.63, 3.8) is 0 Å². The molecule has 4 aromatic rings. The normalized spacial score (nSPS) is 11.6. The molecule has 59 heavy (non-hydrogen) atoms. The van der Waals surface area contributed by atoms with Crippen LogP contribution < -0.4 is 20.7 Å². The SMILES string of the molecule is CC(=O)OCCNC(=O)[C@H](CCC(=O)NCCOC(C)C)CC(=O)c1ccc(NCc2cnc3nc(/N=C/N(C)C)nc(OCCc4ccc([N+](=O)[O-])cc4)c3n2)cc1. The number of nitro benzene ring substituents is 1. The van der Waals surface area contributed by atoms with Crippen molar-refractivity contribution in [3.05, 3.63) is 81.7 Å².